The Kier molecular flexibility index (Phi) is 10.3. The van der Waals surface area contributed by atoms with E-state index in [1.165, 1.54) is 6.42 Å². The summed E-state index contributed by atoms with van der Waals surface area (Å²) < 4.78 is 8.03. The minimum Gasteiger partial charge on any atom is -0.436 e. The van der Waals surface area contributed by atoms with Gasteiger partial charge in [-0.2, -0.15) is 5.10 Å². The van der Waals surface area contributed by atoms with E-state index in [2.05, 4.69) is 52.4 Å². The number of urea groups is 1. The van der Waals surface area contributed by atoms with E-state index < -0.39 is 12.2 Å². The molecule has 0 bridgehead atoms. The lowest BCUT2D eigenvalue weighted by Crippen LogP contribution is -2.52. The van der Waals surface area contributed by atoms with Crippen molar-refractivity contribution < 1.29 is 19.1 Å². The van der Waals surface area contributed by atoms with Crippen LogP contribution in [0.15, 0.2) is 42.6 Å². The van der Waals surface area contributed by atoms with E-state index in [1.807, 2.05) is 45.9 Å². The summed E-state index contributed by atoms with van der Waals surface area (Å²) in [7, 11) is 4.12. The number of aryl methyl sites for hydroxylation is 2. The van der Waals surface area contributed by atoms with Gasteiger partial charge in [0.2, 0.25) is 0 Å². The van der Waals surface area contributed by atoms with E-state index in [0.717, 1.165) is 78.7 Å². The second-order valence-electron chi connectivity index (χ2n) is 14.7. The van der Waals surface area contributed by atoms with E-state index in [-0.39, 0.29) is 18.0 Å². The molecule has 12 heteroatoms. The Labute approximate surface area is 295 Å². The van der Waals surface area contributed by atoms with Crippen LogP contribution in [0.1, 0.15) is 48.8 Å². The van der Waals surface area contributed by atoms with Gasteiger partial charge in [0.1, 0.15) is 0 Å². The van der Waals surface area contributed by atoms with Crippen molar-refractivity contribution in [1.29, 1.82) is 0 Å². The van der Waals surface area contributed by atoms with Crippen molar-refractivity contribution in [3.63, 3.8) is 0 Å². The fourth-order valence-corrected chi connectivity index (χ4v) is 8.52. The summed E-state index contributed by atoms with van der Waals surface area (Å²) in [5.41, 5.74) is 5.08. The van der Waals surface area contributed by atoms with E-state index in [9.17, 15) is 14.4 Å². The molecule has 0 radical (unpaired) electrons. The summed E-state index contributed by atoms with van der Waals surface area (Å²) in [6, 6.07) is 12.5. The average molecular weight is 685 g/mol. The lowest BCUT2D eigenvalue weighted by Gasteiger charge is -2.40. The zero-order valence-electron chi connectivity index (χ0n) is 29.9. The Morgan fingerprint density at radius 1 is 0.900 bits per heavy atom. The number of nitrogens with zero attached hydrogens (tertiary/aromatic N) is 7. The molecule has 0 aliphatic carbocycles. The highest BCUT2D eigenvalue weighted by atomic mass is 16.6. The van der Waals surface area contributed by atoms with Crippen molar-refractivity contribution in [3.05, 3.63) is 59.3 Å². The number of rotatable bonds is 6. The summed E-state index contributed by atoms with van der Waals surface area (Å²) in [4.78, 5) is 51.6. The van der Waals surface area contributed by atoms with Crippen LogP contribution in [0.4, 0.5) is 15.3 Å². The quantitative estimate of drug-likeness (QED) is 0.417. The number of aromatic nitrogens is 2. The molecule has 4 aliphatic heterocycles. The Balaban J connectivity index is 1.01. The first-order valence-electron chi connectivity index (χ1n) is 18.5. The highest BCUT2D eigenvalue weighted by molar-refractivity contribution is 5.91. The van der Waals surface area contributed by atoms with Gasteiger partial charge < -0.3 is 29.7 Å². The lowest BCUT2D eigenvalue weighted by atomic mass is 9.99. The van der Waals surface area contributed by atoms with Gasteiger partial charge in [0, 0.05) is 82.4 Å². The van der Waals surface area contributed by atoms with Crippen LogP contribution in [-0.2, 0) is 29.4 Å². The van der Waals surface area contributed by atoms with Crippen LogP contribution >= 0.6 is 0 Å². The number of hydrogen-bond acceptors (Lipinski definition) is 7. The predicted octanol–water partition coefficient (Wildman–Crippen LogP) is 4.11. The number of hydrogen-bond donors (Lipinski definition) is 1. The van der Waals surface area contributed by atoms with Gasteiger partial charge in [-0.3, -0.25) is 14.4 Å². The number of nitrogens with one attached hydrogen (secondary N) is 1. The first-order valence-corrected chi connectivity index (χ1v) is 18.5. The Morgan fingerprint density at radius 3 is 2.44 bits per heavy atom. The van der Waals surface area contributed by atoms with Crippen molar-refractivity contribution in [1.82, 2.24) is 34.3 Å². The zero-order chi connectivity index (χ0) is 34.8. The standard InChI is InChI=1S/C38H52N8O4/c1-27-23-28(24-30-26-39-42(3)35(27)30)25-34(36(47)44-16-10-31(11-17-44)43-15-6-14-41(2)21-22-43)50-38(49)45-18-12-32(13-19-45)46-20-9-29-7-4-5-8-33(29)40-37(46)48/h4-5,7-8,23-24,26,31-32,34H,6,9-22,25H2,1-3H3,(H,40,48)/t34-/m1/s1. The number of amides is 4. The molecular weight excluding hydrogens is 632 g/mol. The first-order chi connectivity index (χ1) is 24.2. The minimum atomic E-state index is -0.924. The molecule has 2 aromatic carbocycles. The predicted molar refractivity (Wildman–Crippen MR) is 193 cm³/mol. The molecule has 5 heterocycles. The Bertz CT molecular complexity index is 1690. The van der Waals surface area contributed by atoms with Gasteiger partial charge in [-0.05, 0) is 94.4 Å². The van der Waals surface area contributed by atoms with Crippen molar-refractivity contribution >= 4 is 34.6 Å². The third kappa shape index (κ3) is 7.46. The number of fused-ring (bicyclic) bond motifs is 2. The average Bonchev–Trinajstić information content (AvgIpc) is 3.25. The number of carbonyl (C=O) groups excluding carboxylic acids is 3. The third-order valence-electron chi connectivity index (χ3n) is 11.4. The molecule has 3 aromatic rings. The van der Waals surface area contributed by atoms with Crippen molar-refractivity contribution in [2.75, 3.05) is 71.3 Å². The molecule has 1 N–H and O–H groups in total. The topological polar surface area (TPSA) is 106 Å². The number of likely N-dealkylation sites (tertiary alicyclic amines) is 2. The van der Waals surface area contributed by atoms with Gasteiger partial charge in [-0.1, -0.05) is 24.3 Å². The molecule has 4 aliphatic rings. The summed E-state index contributed by atoms with van der Waals surface area (Å²) in [6.45, 7) is 9.34. The van der Waals surface area contributed by atoms with Crippen molar-refractivity contribution in [3.8, 4) is 0 Å². The fraction of sp³-hybridized carbons (Fsp3) is 0.579. The van der Waals surface area contributed by atoms with Crippen LogP contribution in [-0.4, -0.2) is 136 Å². The second-order valence-corrected chi connectivity index (χ2v) is 14.7. The summed E-state index contributed by atoms with van der Waals surface area (Å²) in [5, 5.41) is 8.50. The minimum absolute atomic E-state index is 0.0332. The van der Waals surface area contributed by atoms with E-state index in [1.54, 1.807) is 4.90 Å². The van der Waals surface area contributed by atoms with Gasteiger partial charge in [0.15, 0.2) is 6.10 Å². The normalized spacial score (nSPS) is 21.0. The van der Waals surface area contributed by atoms with Gasteiger partial charge in [-0.25, -0.2) is 9.59 Å². The second kappa shape index (κ2) is 15.0. The highest BCUT2D eigenvalue weighted by Crippen LogP contribution is 2.27. The molecule has 12 nitrogen and oxygen atoms in total. The van der Waals surface area contributed by atoms with Gasteiger partial charge in [0.05, 0.1) is 11.7 Å². The molecule has 3 fully saturated rings. The van der Waals surface area contributed by atoms with E-state index in [0.29, 0.717) is 58.0 Å². The molecule has 0 unspecified atom stereocenters. The van der Waals surface area contributed by atoms with Crippen molar-refractivity contribution in [2.24, 2.45) is 7.05 Å². The maximum absolute atomic E-state index is 14.2. The van der Waals surface area contributed by atoms with Crippen LogP contribution < -0.4 is 5.32 Å². The number of likely N-dealkylation sites (N-methyl/N-ethyl adjacent to an activating group) is 1. The summed E-state index contributed by atoms with van der Waals surface area (Å²) in [6.07, 6.45) is 5.90. The van der Waals surface area contributed by atoms with E-state index in [4.69, 9.17) is 4.74 Å². The number of piperidine rings is 2. The van der Waals surface area contributed by atoms with Crippen LogP contribution in [0, 0.1) is 6.92 Å². The molecule has 3 saturated heterocycles. The zero-order valence-corrected chi connectivity index (χ0v) is 29.9. The number of carbonyl (C=O) groups is 3. The van der Waals surface area contributed by atoms with Gasteiger partial charge in [-0.15, -0.1) is 0 Å². The molecule has 1 aromatic heterocycles. The molecule has 50 heavy (non-hydrogen) atoms. The van der Waals surface area contributed by atoms with Crippen LogP contribution in [0.2, 0.25) is 0 Å². The van der Waals surface area contributed by atoms with Crippen LogP contribution in [0.5, 0.6) is 0 Å². The number of anilines is 1. The lowest BCUT2D eigenvalue weighted by molar-refractivity contribution is -0.142. The van der Waals surface area contributed by atoms with Crippen LogP contribution in [0.3, 0.4) is 0 Å². The monoisotopic (exact) mass is 684 g/mol. The van der Waals surface area contributed by atoms with Crippen molar-refractivity contribution in [2.45, 2.75) is 70.1 Å². The Morgan fingerprint density at radius 2 is 1.64 bits per heavy atom. The fourth-order valence-electron chi connectivity index (χ4n) is 8.52. The SMILES string of the molecule is Cc1cc(C[C@@H](OC(=O)N2CCC(N3CCc4ccccc4NC3=O)CC2)C(=O)N2CCC(N3CCCN(C)CC3)CC2)cc2cnn(C)c12. The largest absolute Gasteiger partial charge is 0.436 e. The molecule has 0 saturated carbocycles. The summed E-state index contributed by atoms with van der Waals surface area (Å²) >= 11 is 0. The molecule has 268 valence electrons. The number of para-hydroxylation sites is 1. The van der Waals surface area contributed by atoms with Gasteiger partial charge >= 0.3 is 12.1 Å². The third-order valence-corrected chi connectivity index (χ3v) is 11.4. The first kappa shape index (κ1) is 34.3. The molecule has 7 rings (SSSR count). The van der Waals surface area contributed by atoms with E-state index >= 15 is 0 Å². The smallest absolute Gasteiger partial charge is 0.410 e. The molecule has 0 spiro atoms. The maximum atomic E-state index is 14.2. The number of ether oxygens (including phenoxy) is 1. The van der Waals surface area contributed by atoms with Gasteiger partial charge in [0.25, 0.3) is 5.91 Å². The summed E-state index contributed by atoms with van der Waals surface area (Å²) in [5.74, 6) is -0.118. The maximum Gasteiger partial charge on any atom is 0.410 e. The molecule has 4 amide bonds. The highest BCUT2D eigenvalue weighted by Gasteiger charge is 2.36. The number of benzene rings is 2. The molecule has 1 atom stereocenters. The molecular formula is C38H52N8O4. The Hall–Kier alpha value is -4.16. The van der Waals surface area contributed by atoms with Crippen LogP contribution in [0.25, 0.3) is 10.9 Å².